The zero-order chi connectivity index (χ0) is 14.4. The Bertz CT molecular complexity index is 477. The zero-order valence-corrected chi connectivity index (χ0v) is 10.5. The summed E-state index contributed by atoms with van der Waals surface area (Å²) in [5, 5.41) is 11.1. The van der Waals surface area contributed by atoms with Gasteiger partial charge in [0.2, 0.25) is 0 Å². The summed E-state index contributed by atoms with van der Waals surface area (Å²) < 4.78 is 22.7. The van der Waals surface area contributed by atoms with E-state index in [4.69, 9.17) is 9.84 Å². The van der Waals surface area contributed by atoms with Gasteiger partial charge in [-0.1, -0.05) is 0 Å². The number of nitrogens with one attached hydrogen (secondary N) is 1. The molecule has 1 rings (SSSR count). The summed E-state index contributed by atoms with van der Waals surface area (Å²) in [7, 11) is 2.64. The molecule has 19 heavy (non-hydrogen) atoms. The topological polar surface area (TPSA) is 84.9 Å². The molecule has 0 aliphatic heterocycles. The second kappa shape index (κ2) is 6.69. The average molecular weight is 271 g/mol. The van der Waals surface area contributed by atoms with Crippen molar-refractivity contribution in [2.75, 3.05) is 20.8 Å². The molecule has 0 spiro atoms. The summed E-state index contributed by atoms with van der Waals surface area (Å²) in [5.74, 6) is -2.46. The summed E-state index contributed by atoms with van der Waals surface area (Å²) in [6.45, 7) is -0.196. The molecule has 0 heterocycles. The summed E-state index contributed by atoms with van der Waals surface area (Å²) in [6.07, 6.45) is 0. The monoisotopic (exact) mass is 271 g/mol. The number of halogens is 1. The van der Waals surface area contributed by atoms with Crippen LogP contribution in [0.3, 0.4) is 0 Å². The van der Waals surface area contributed by atoms with Crippen molar-refractivity contribution in [3.05, 3.63) is 29.6 Å². The second-order valence-corrected chi connectivity index (χ2v) is 3.66. The number of carboxylic acids is 1. The average Bonchev–Trinajstić information content (AvgIpc) is 2.37. The molecular weight excluding hydrogens is 257 g/mol. The molecule has 1 aromatic carbocycles. The summed E-state index contributed by atoms with van der Waals surface area (Å²) in [6, 6.07) is 2.18. The summed E-state index contributed by atoms with van der Waals surface area (Å²) >= 11 is 0. The van der Waals surface area contributed by atoms with Gasteiger partial charge in [0.1, 0.15) is 11.6 Å². The van der Waals surface area contributed by atoms with Crippen molar-refractivity contribution in [2.45, 2.75) is 6.04 Å². The normalized spacial score (nSPS) is 11.7. The molecule has 0 aliphatic rings. The predicted molar refractivity (Wildman–Crippen MR) is 63.7 cm³/mol. The standard InChI is InChI=1S/C12H14FNO5/c1-18-6-9(12(16)17)14-11(15)8-5-7(13)3-4-10(8)19-2/h3-5,9H,6H2,1-2H3,(H,14,15)(H,16,17). The van der Waals surface area contributed by atoms with E-state index in [1.165, 1.54) is 20.3 Å². The van der Waals surface area contributed by atoms with Gasteiger partial charge in [-0.25, -0.2) is 9.18 Å². The fraction of sp³-hybridized carbons (Fsp3) is 0.333. The number of rotatable bonds is 6. The lowest BCUT2D eigenvalue weighted by molar-refractivity contribution is -0.140. The molecule has 0 aliphatic carbocycles. The Morgan fingerprint density at radius 2 is 2.11 bits per heavy atom. The number of carbonyl (C=O) groups excluding carboxylic acids is 1. The Labute approximate surface area is 109 Å². The van der Waals surface area contributed by atoms with Gasteiger partial charge in [-0.3, -0.25) is 4.79 Å². The first kappa shape index (κ1) is 14.9. The first-order valence-corrected chi connectivity index (χ1v) is 5.35. The van der Waals surface area contributed by atoms with Gasteiger partial charge in [0.25, 0.3) is 5.91 Å². The Morgan fingerprint density at radius 3 is 2.63 bits per heavy atom. The maximum absolute atomic E-state index is 13.1. The van der Waals surface area contributed by atoms with Crippen molar-refractivity contribution in [3.63, 3.8) is 0 Å². The third-order valence-corrected chi connectivity index (χ3v) is 2.34. The van der Waals surface area contributed by atoms with Gasteiger partial charge < -0.3 is 19.9 Å². The van der Waals surface area contributed by atoms with Crippen LogP contribution < -0.4 is 10.1 Å². The highest BCUT2D eigenvalue weighted by molar-refractivity contribution is 5.98. The fourth-order valence-electron chi connectivity index (χ4n) is 1.44. The van der Waals surface area contributed by atoms with E-state index in [0.717, 1.165) is 12.1 Å². The number of ether oxygens (including phenoxy) is 2. The largest absolute Gasteiger partial charge is 0.496 e. The Kier molecular flexibility index (Phi) is 5.25. The van der Waals surface area contributed by atoms with Crippen molar-refractivity contribution in [3.8, 4) is 5.75 Å². The lowest BCUT2D eigenvalue weighted by Crippen LogP contribution is -2.43. The van der Waals surface area contributed by atoms with Crippen LogP contribution in [0, 0.1) is 5.82 Å². The fourth-order valence-corrected chi connectivity index (χ4v) is 1.44. The molecule has 1 amide bonds. The van der Waals surface area contributed by atoms with Gasteiger partial charge in [0.15, 0.2) is 6.04 Å². The first-order chi connectivity index (χ1) is 8.99. The predicted octanol–water partition coefficient (Wildman–Crippen LogP) is 0.664. The molecule has 0 saturated heterocycles. The molecule has 0 fully saturated rings. The van der Waals surface area contributed by atoms with Crippen molar-refractivity contribution in [2.24, 2.45) is 0 Å². The second-order valence-electron chi connectivity index (χ2n) is 3.66. The van der Waals surface area contributed by atoms with Crippen LogP contribution in [0.15, 0.2) is 18.2 Å². The van der Waals surface area contributed by atoms with Crippen LogP contribution >= 0.6 is 0 Å². The van der Waals surface area contributed by atoms with Crippen molar-refractivity contribution in [1.29, 1.82) is 0 Å². The minimum atomic E-state index is -1.24. The van der Waals surface area contributed by atoms with E-state index in [1.807, 2.05) is 0 Å². The highest BCUT2D eigenvalue weighted by Crippen LogP contribution is 2.19. The van der Waals surface area contributed by atoms with Gasteiger partial charge in [-0.05, 0) is 18.2 Å². The number of aliphatic carboxylic acids is 1. The van der Waals surface area contributed by atoms with Gasteiger partial charge in [-0.2, -0.15) is 0 Å². The highest BCUT2D eigenvalue weighted by Gasteiger charge is 2.22. The van der Waals surface area contributed by atoms with E-state index >= 15 is 0 Å². The first-order valence-electron chi connectivity index (χ1n) is 5.35. The van der Waals surface area contributed by atoms with Crippen LogP contribution in [0.5, 0.6) is 5.75 Å². The third kappa shape index (κ3) is 3.92. The van der Waals surface area contributed by atoms with E-state index in [-0.39, 0.29) is 17.9 Å². The van der Waals surface area contributed by atoms with Gasteiger partial charge in [0, 0.05) is 7.11 Å². The quantitative estimate of drug-likeness (QED) is 0.794. The molecule has 1 aromatic rings. The van der Waals surface area contributed by atoms with Crippen LogP contribution in [0.4, 0.5) is 4.39 Å². The number of amides is 1. The van der Waals surface area contributed by atoms with Crippen LogP contribution in [-0.4, -0.2) is 43.9 Å². The van der Waals surface area contributed by atoms with Crippen molar-refractivity contribution in [1.82, 2.24) is 5.32 Å². The molecule has 1 unspecified atom stereocenters. The Balaban J connectivity index is 2.93. The number of hydrogen-bond donors (Lipinski definition) is 2. The molecule has 7 heteroatoms. The zero-order valence-electron chi connectivity index (χ0n) is 10.5. The van der Waals surface area contributed by atoms with E-state index in [1.54, 1.807) is 0 Å². The van der Waals surface area contributed by atoms with E-state index in [0.29, 0.717) is 0 Å². The van der Waals surface area contributed by atoms with Crippen molar-refractivity contribution >= 4 is 11.9 Å². The number of carboxylic acid groups (broad SMARTS) is 1. The van der Waals surface area contributed by atoms with E-state index < -0.39 is 23.7 Å². The highest BCUT2D eigenvalue weighted by atomic mass is 19.1. The lowest BCUT2D eigenvalue weighted by atomic mass is 10.1. The molecule has 2 N–H and O–H groups in total. The maximum Gasteiger partial charge on any atom is 0.328 e. The van der Waals surface area contributed by atoms with Gasteiger partial charge >= 0.3 is 5.97 Å². The molecule has 0 radical (unpaired) electrons. The number of methoxy groups -OCH3 is 2. The summed E-state index contributed by atoms with van der Waals surface area (Å²) in [5.41, 5.74) is -0.0788. The van der Waals surface area contributed by atoms with Crippen LogP contribution in [0.25, 0.3) is 0 Å². The molecule has 6 nitrogen and oxygen atoms in total. The van der Waals surface area contributed by atoms with Gasteiger partial charge in [0.05, 0.1) is 19.3 Å². The Morgan fingerprint density at radius 1 is 1.42 bits per heavy atom. The lowest BCUT2D eigenvalue weighted by Gasteiger charge is -2.14. The number of hydrogen-bond acceptors (Lipinski definition) is 4. The smallest absolute Gasteiger partial charge is 0.328 e. The molecule has 0 bridgehead atoms. The van der Waals surface area contributed by atoms with Crippen molar-refractivity contribution < 1.29 is 28.6 Å². The minimum absolute atomic E-state index is 0.0788. The van der Waals surface area contributed by atoms with Crippen LogP contribution in [-0.2, 0) is 9.53 Å². The number of carbonyl (C=O) groups is 2. The Hall–Kier alpha value is -2.15. The van der Waals surface area contributed by atoms with Gasteiger partial charge in [-0.15, -0.1) is 0 Å². The molecule has 0 aromatic heterocycles. The molecule has 0 saturated carbocycles. The minimum Gasteiger partial charge on any atom is -0.496 e. The van der Waals surface area contributed by atoms with E-state index in [2.05, 4.69) is 10.1 Å². The molecule has 1 atom stereocenters. The molecular formula is C12H14FNO5. The molecule has 104 valence electrons. The number of benzene rings is 1. The maximum atomic E-state index is 13.1. The third-order valence-electron chi connectivity index (χ3n) is 2.34. The van der Waals surface area contributed by atoms with E-state index in [9.17, 15) is 14.0 Å². The van der Waals surface area contributed by atoms with Crippen LogP contribution in [0.2, 0.25) is 0 Å². The SMILES string of the molecule is COCC(NC(=O)c1cc(F)ccc1OC)C(=O)O. The summed E-state index contributed by atoms with van der Waals surface area (Å²) in [4.78, 5) is 22.8. The van der Waals surface area contributed by atoms with Crippen LogP contribution in [0.1, 0.15) is 10.4 Å².